The molecule has 0 aliphatic heterocycles. The average Bonchev–Trinajstić information content (AvgIpc) is 2.43. The van der Waals surface area contributed by atoms with E-state index in [4.69, 9.17) is 0 Å². The molecule has 116 valence electrons. The van der Waals surface area contributed by atoms with Gasteiger partial charge in [-0.05, 0) is 36.5 Å². The maximum Gasteiger partial charge on any atom is 0.336 e. The van der Waals surface area contributed by atoms with Crippen LogP contribution in [0.25, 0.3) is 0 Å². The first-order valence-corrected chi connectivity index (χ1v) is 7.51. The van der Waals surface area contributed by atoms with E-state index in [0.29, 0.717) is 17.9 Å². The first-order chi connectivity index (χ1) is 9.92. The molecule has 1 rings (SSSR count). The molecule has 4 nitrogen and oxygen atoms in total. The minimum atomic E-state index is -1.18. The molecule has 2 N–H and O–H groups in total. The summed E-state index contributed by atoms with van der Waals surface area (Å²) in [5.41, 5.74) is 1.36. The smallest absolute Gasteiger partial charge is 0.336 e. The summed E-state index contributed by atoms with van der Waals surface area (Å²) in [5, 5.41) is 18.6. The second-order valence-corrected chi connectivity index (χ2v) is 5.51. The standard InChI is InChI=1S/C17H24O4/c1-4-6-7-12(5-2)10-14-11(3)8-9-13(16(18)19)15(14)17(20)21/h8-9,12H,4-7,10H2,1-3H3,(H,18,19)(H,20,21). The SMILES string of the molecule is CCCCC(CC)Cc1c(C)ccc(C(=O)O)c1C(=O)O. The third-order valence-corrected chi connectivity index (χ3v) is 4.03. The Labute approximate surface area is 125 Å². The average molecular weight is 292 g/mol. The predicted molar refractivity (Wildman–Crippen MR) is 82.1 cm³/mol. The van der Waals surface area contributed by atoms with Crippen molar-refractivity contribution in [3.05, 3.63) is 34.4 Å². The zero-order chi connectivity index (χ0) is 16.0. The zero-order valence-corrected chi connectivity index (χ0v) is 13.0. The Bertz CT molecular complexity index is 520. The Balaban J connectivity index is 3.23. The lowest BCUT2D eigenvalue weighted by Crippen LogP contribution is -2.15. The number of carboxylic acid groups (broad SMARTS) is 2. The molecule has 0 aliphatic rings. The van der Waals surface area contributed by atoms with E-state index >= 15 is 0 Å². The Morgan fingerprint density at radius 3 is 2.29 bits per heavy atom. The topological polar surface area (TPSA) is 74.6 Å². The van der Waals surface area contributed by atoms with Gasteiger partial charge in [0.05, 0.1) is 11.1 Å². The van der Waals surface area contributed by atoms with E-state index < -0.39 is 11.9 Å². The summed E-state index contributed by atoms with van der Waals surface area (Å²) in [5.74, 6) is -1.95. The highest BCUT2D eigenvalue weighted by Crippen LogP contribution is 2.26. The Hall–Kier alpha value is -1.84. The van der Waals surface area contributed by atoms with Gasteiger partial charge in [-0.15, -0.1) is 0 Å². The lowest BCUT2D eigenvalue weighted by molar-refractivity contribution is 0.0650. The van der Waals surface area contributed by atoms with Gasteiger partial charge < -0.3 is 10.2 Å². The van der Waals surface area contributed by atoms with Gasteiger partial charge in [-0.25, -0.2) is 9.59 Å². The molecule has 0 aromatic heterocycles. The third-order valence-electron chi connectivity index (χ3n) is 4.03. The normalized spacial score (nSPS) is 12.1. The van der Waals surface area contributed by atoms with Crippen LogP contribution in [0.5, 0.6) is 0 Å². The lowest BCUT2D eigenvalue weighted by atomic mass is 9.86. The molecule has 1 aromatic carbocycles. The molecule has 0 heterocycles. The number of hydrogen-bond donors (Lipinski definition) is 2. The first kappa shape index (κ1) is 17.2. The van der Waals surface area contributed by atoms with Gasteiger partial charge in [0.2, 0.25) is 0 Å². The monoisotopic (exact) mass is 292 g/mol. The highest BCUT2D eigenvalue weighted by atomic mass is 16.4. The number of carbonyl (C=O) groups is 2. The van der Waals surface area contributed by atoms with Crippen LogP contribution in [-0.2, 0) is 6.42 Å². The van der Waals surface area contributed by atoms with Crippen molar-refractivity contribution < 1.29 is 19.8 Å². The Morgan fingerprint density at radius 1 is 1.14 bits per heavy atom. The summed E-state index contributed by atoms with van der Waals surface area (Å²) in [6, 6.07) is 3.09. The van der Waals surface area contributed by atoms with Crippen molar-refractivity contribution in [2.75, 3.05) is 0 Å². The molecule has 0 radical (unpaired) electrons. The molecule has 0 spiro atoms. The fourth-order valence-corrected chi connectivity index (χ4v) is 2.67. The largest absolute Gasteiger partial charge is 0.478 e. The van der Waals surface area contributed by atoms with Crippen LogP contribution < -0.4 is 0 Å². The molecule has 0 bridgehead atoms. The van der Waals surface area contributed by atoms with E-state index in [-0.39, 0.29) is 11.1 Å². The van der Waals surface area contributed by atoms with Crippen LogP contribution in [0.15, 0.2) is 12.1 Å². The summed E-state index contributed by atoms with van der Waals surface area (Å²) in [7, 11) is 0. The van der Waals surface area contributed by atoms with E-state index in [1.807, 2.05) is 6.92 Å². The quantitative estimate of drug-likeness (QED) is 0.754. The minimum Gasteiger partial charge on any atom is -0.478 e. The molecule has 1 unspecified atom stereocenters. The molecule has 0 fully saturated rings. The highest BCUT2D eigenvalue weighted by Gasteiger charge is 2.23. The number of carboxylic acids is 2. The van der Waals surface area contributed by atoms with E-state index in [2.05, 4.69) is 13.8 Å². The molecule has 0 saturated carbocycles. The molecular weight excluding hydrogens is 268 g/mol. The highest BCUT2D eigenvalue weighted by molar-refractivity contribution is 6.03. The van der Waals surface area contributed by atoms with Crippen LogP contribution in [0.1, 0.15) is 71.4 Å². The first-order valence-electron chi connectivity index (χ1n) is 7.51. The van der Waals surface area contributed by atoms with Gasteiger partial charge >= 0.3 is 11.9 Å². The number of unbranched alkanes of at least 4 members (excludes halogenated alkanes) is 1. The van der Waals surface area contributed by atoms with Crippen molar-refractivity contribution in [1.82, 2.24) is 0 Å². The van der Waals surface area contributed by atoms with Crippen LogP contribution in [0, 0.1) is 12.8 Å². The maximum atomic E-state index is 11.5. The van der Waals surface area contributed by atoms with Crippen molar-refractivity contribution in [3.8, 4) is 0 Å². The molecule has 4 heteroatoms. The number of rotatable bonds is 8. The summed E-state index contributed by atoms with van der Waals surface area (Å²) < 4.78 is 0. The Morgan fingerprint density at radius 2 is 1.81 bits per heavy atom. The summed E-state index contributed by atoms with van der Waals surface area (Å²) in [6.45, 7) is 6.07. The van der Waals surface area contributed by atoms with Gasteiger partial charge in [0.25, 0.3) is 0 Å². The molecule has 0 saturated heterocycles. The number of benzene rings is 1. The van der Waals surface area contributed by atoms with Gasteiger partial charge in [0.1, 0.15) is 0 Å². The predicted octanol–water partition coefficient (Wildman–Crippen LogP) is 4.15. The summed E-state index contributed by atoms with van der Waals surface area (Å²) in [6.07, 6.45) is 4.86. The van der Waals surface area contributed by atoms with Crippen LogP contribution >= 0.6 is 0 Å². The fourth-order valence-electron chi connectivity index (χ4n) is 2.67. The van der Waals surface area contributed by atoms with Crippen molar-refractivity contribution in [1.29, 1.82) is 0 Å². The molecular formula is C17H24O4. The second-order valence-electron chi connectivity index (χ2n) is 5.51. The Kier molecular flexibility index (Phi) is 6.40. The molecule has 1 aromatic rings. The minimum absolute atomic E-state index is 0.0440. The van der Waals surface area contributed by atoms with Crippen LogP contribution in [0.4, 0.5) is 0 Å². The van der Waals surface area contributed by atoms with Crippen molar-refractivity contribution >= 4 is 11.9 Å². The molecule has 1 atom stereocenters. The van der Waals surface area contributed by atoms with Crippen molar-refractivity contribution in [3.63, 3.8) is 0 Å². The summed E-state index contributed by atoms with van der Waals surface area (Å²) in [4.78, 5) is 22.8. The van der Waals surface area contributed by atoms with Gasteiger partial charge in [-0.2, -0.15) is 0 Å². The van der Waals surface area contributed by atoms with Gasteiger partial charge in [-0.3, -0.25) is 0 Å². The lowest BCUT2D eigenvalue weighted by Gasteiger charge is -2.19. The fraction of sp³-hybridized carbons (Fsp3) is 0.529. The number of aryl methyl sites for hydroxylation is 1. The van der Waals surface area contributed by atoms with Gasteiger partial charge in [-0.1, -0.05) is 45.6 Å². The third kappa shape index (κ3) is 4.31. The van der Waals surface area contributed by atoms with Crippen molar-refractivity contribution in [2.24, 2.45) is 5.92 Å². The van der Waals surface area contributed by atoms with E-state index in [1.54, 1.807) is 6.07 Å². The van der Waals surface area contributed by atoms with Crippen LogP contribution in [0.3, 0.4) is 0 Å². The van der Waals surface area contributed by atoms with E-state index in [1.165, 1.54) is 6.07 Å². The summed E-state index contributed by atoms with van der Waals surface area (Å²) >= 11 is 0. The number of hydrogen-bond acceptors (Lipinski definition) is 2. The van der Waals surface area contributed by atoms with Crippen LogP contribution in [0.2, 0.25) is 0 Å². The molecule has 0 aliphatic carbocycles. The van der Waals surface area contributed by atoms with E-state index in [9.17, 15) is 19.8 Å². The second kappa shape index (κ2) is 7.81. The molecule has 21 heavy (non-hydrogen) atoms. The van der Waals surface area contributed by atoms with E-state index in [0.717, 1.165) is 31.2 Å². The van der Waals surface area contributed by atoms with Gasteiger partial charge in [0, 0.05) is 0 Å². The van der Waals surface area contributed by atoms with Crippen molar-refractivity contribution in [2.45, 2.75) is 52.9 Å². The molecule has 0 amide bonds. The zero-order valence-electron chi connectivity index (χ0n) is 13.0. The van der Waals surface area contributed by atoms with Gasteiger partial charge in [0.15, 0.2) is 0 Å². The van der Waals surface area contributed by atoms with Crippen LogP contribution in [-0.4, -0.2) is 22.2 Å². The number of aromatic carboxylic acids is 2. The maximum absolute atomic E-state index is 11.5.